The summed E-state index contributed by atoms with van der Waals surface area (Å²) in [6.07, 6.45) is 2.00. The normalized spacial score (nSPS) is 10.7. The highest BCUT2D eigenvalue weighted by atomic mass is 35.5. The number of hydrogen-bond donors (Lipinski definition) is 0. The number of nitrogens with zero attached hydrogens (tertiary/aromatic N) is 2. The van der Waals surface area contributed by atoms with Gasteiger partial charge in [0.15, 0.2) is 5.78 Å². The smallest absolute Gasteiger partial charge is 0.166 e. The van der Waals surface area contributed by atoms with Gasteiger partial charge in [0.05, 0.1) is 17.7 Å². The number of methoxy groups -OCH3 is 1. The molecule has 0 fully saturated rings. The van der Waals surface area contributed by atoms with E-state index >= 15 is 0 Å². The first kappa shape index (κ1) is 17.5. The molecule has 2 aromatic heterocycles. The zero-order valence-electron chi connectivity index (χ0n) is 13.3. The third-order valence-corrected chi connectivity index (χ3v) is 4.15. The third-order valence-electron chi connectivity index (χ3n) is 3.65. The molecule has 3 rings (SSSR count). The van der Waals surface area contributed by atoms with Crippen molar-refractivity contribution in [3.05, 3.63) is 64.1 Å². The van der Waals surface area contributed by atoms with Gasteiger partial charge in [0.1, 0.15) is 22.4 Å². The highest BCUT2D eigenvalue weighted by Crippen LogP contribution is 2.29. The molecule has 2 heterocycles. The Labute approximate surface area is 154 Å². The van der Waals surface area contributed by atoms with Gasteiger partial charge in [0.25, 0.3) is 0 Å². The van der Waals surface area contributed by atoms with Gasteiger partial charge >= 0.3 is 0 Å². The van der Waals surface area contributed by atoms with Crippen LogP contribution in [0.4, 0.5) is 0 Å². The van der Waals surface area contributed by atoms with Crippen molar-refractivity contribution in [3.63, 3.8) is 0 Å². The van der Waals surface area contributed by atoms with Crippen molar-refractivity contribution >= 4 is 29.0 Å². The Morgan fingerprint density at radius 2 is 2.04 bits per heavy atom. The van der Waals surface area contributed by atoms with Gasteiger partial charge in [0, 0.05) is 30.7 Å². The van der Waals surface area contributed by atoms with Crippen LogP contribution in [0.5, 0.6) is 5.75 Å². The Balaban J connectivity index is 1.72. The van der Waals surface area contributed by atoms with Gasteiger partial charge in [-0.1, -0.05) is 40.5 Å². The van der Waals surface area contributed by atoms with Crippen LogP contribution in [0.1, 0.15) is 22.5 Å². The summed E-state index contributed by atoms with van der Waals surface area (Å²) in [5.74, 6) is 1.14. The van der Waals surface area contributed by atoms with Gasteiger partial charge in [-0.2, -0.15) is 0 Å². The molecule has 0 saturated carbocycles. The molecule has 0 amide bonds. The van der Waals surface area contributed by atoms with E-state index in [1.165, 1.54) is 12.3 Å². The Kier molecular flexibility index (Phi) is 5.36. The van der Waals surface area contributed by atoms with Crippen LogP contribution in [0.2, 0.25) is 10.2 Å². The fourth-order valence-electron chi connectivity index (χ4n) is 2.40. The Morgan fingerprint density at radius 3 is 2.84 bits per heavy atom. The summed E-state index contributed by atoms with van der Waals surface area (Å²) in [6, 6.07) is 10.8. The Morgan fingerprint density at radius 1 is 1.24 bits per heavy atom. The lowest BCUT2D eigenvalue weighted by molar-refractivity contribution is 0.0980. The molecular formula is C18H14Cl2N2O3. The number of rotatable bonds is 6. The first-order chi connectivity index (χ1) is 12.1. The Bertz CT molecular complexity index is 909. The number of carbonyl (C=O) groups is 1. The van der Waals surface area contributed by atoms with Gasteiger partial charge in [0.2, 0.25) is 0 Å². The zero-order valence-corrected chi connectivity index (χ0v) is 14.8. The highest BCUT2D eigenvalue weighted by molar-refractivity contribution is 6.34. The topological polar surface area (TPSA) is 65.2 Å². The summed E-state index contributed by atoms with van der Waals surface area (Å²) in [7, 11) is 1.60. The predicted octanol–water partition coefficient (Wildman–Crippen LogP) is 4.87. The van der Waals surface area contributed by atoms with Crippen LogP contribution in [-0.4, -0.2) is 23.0 Å². The number of aromatic nitrogens is 2. The molecule has 0 saturated heterocycles. The lowest BCUT2D eigenvalue weighted by atomic mass is 10.1. The van der Waals surface area contributed by atoms with Crippen molar-refractivity contribution in [2.45, 2.75) is 12.8 Å². The van der Waals surface area contributed by atoms with Gasteiger partial charge in [-0.25, -0.2) is 4.98 Å². The number of Topliss-reactive ketones (excluding diaryl/α,β-unsaturated/α-hetero) is 1. The van der Waals surface area contributed by atoms with Crippen molar-refractivity contribution in [1.29, 1.82) is 0 Å². The minimum Gasteiger partial charge on any atom is -0.496 e. The first-order valence-corrected chi connectivity index (χ1v) is 8.27. The third kappa shape index (κ3) is 4.00. The maximum absolute atomic E-state index is 12.3. The molecule has 0 atom stereocenters. The van der Waals surface area contributed by atoms with E-state index in [1.807, 2.05) is 24.3 Å². The molecule has 25 heavy (non-hydrogen) atoms. The van der Waals surface area contributed by atoms with Gasteiger partial charge < -0.3 is 9.26 Å². The average Bonchev–Trinajstić information content (AvgIpc) is 3.10. The number of halogens is 2. The molecule has 0 spiro atoms. The van der Waals surface area contributed by atoms with Crippen molar-refractivity contribution in [2.24, 2.45) is 0 Å². The molecule has 0 aliphatic heterocycles. The van der Waals surface area contributed by atoms with Crippen molar-refractivity contribution in [3.8, 4) is 17.0 Å². The van der Waals surface area contributed by atoms with Crippen LogP contribution in [0, 0.1) is 0 Å². The summed E-state index contributed by atoms with van der Waals surface area (Å²) >= 11 is 11.8. The molecular weight excluding hydrogens is 363 g/mol. The average molecular weight is 377 g/mol. The van der Waals surface area contributed by atoms with Crippen LogP contribution in [0.15, 0.2) is 47.1 Å². The van der Waals surface area contributed by atoms with Crippen LogP contribution < -0.4 is 4.74 Å². The van der Waals surface area contributed by atoms with E-state index in [9.17, 15) is 4.79 Å². The molecule has 0 aliphatic rings. The molecule has 0 bridgehead atoms. The number of hydrogen-bond acceptors (Lipinski definition) is 5. The second-order valence-electron chi connectivity index (χ2n) is 5.29. The molecule has 7 heteroatoms. The number of pyridine rings is 1. The van der Waals surface area contributed by atoms with E-state index in [1.54, 1.807) is 13.2 Å². The summed E-state index contributed by atoms with van der Waals surface area (Å²) in [5.41, 5.74) is 1.79. The monoisotopic (exact) mass is 376 g/mol. The Hall–Kier alpha value is -2.37. The van der Waals surface area contributed by atoms with E-state index in [0.717, 1.165) is 5.56 Å². The molecule has 5 nitrogen and oxygen atoms in total. The standard InChI is InChI=1S/C18H14Cl2N2O3/c1-24-17-5-3-2-4-13(17)15-9-12(25-22-15)6-7-16(23)14-8-11(19)10-21-18(14)20/h2-5,8-10H,6-7H2,1H3. The number of aryl methyl sites for hydroxylation is 1. The number of para-hydroxylation sites is 1. The maximum Gasteiger partial charge on any atom is 0.166 e. The maximum atomic E-state index is 12.3. The molecule has 128 valence electrons. The molecule has 1 aromatic carbocycles. The van der Waals surface area contributed by atoms with E-state index in [-0.39, 0.29) is 17.4 Å². The second kappa shape index (κ2) is 7.68. The molecule has 3 aromatic rings. The first-order valence-electron chi connectivity index (χ1n) is 7.51. The highest BCUT2D eigenvalue weighted by Gasteiger charge is 2.15. The predicted molar refractivity (Wildman–Crippen MR) is 95.4 cm³/mol. The van der Waals surface area contributed by atoms with Gasteiger partial charge in [-0.3, -0.25) is 4.79 Å². The minimum atomic E-state index is -0.157. The lowest BCUT2D eigenvalue weighted by Crippen LogP contribution is -2.03. The summed E-state index contributed by atoms with van der Waals surface area (Å²) in [4.78, 5) is 16.2. The van der Waals surface area contributed by atoms with Crippen LogP contribution >= 0.6 is 23.2 Å². The fraction of sp³-hybridized carbons (Fsp3) is 0.167. The molecule has 0 unspecified atom stereocenters. The number of carbonyl (C=O) groups excluding carboxylic acids is 1. The van der Waals surface area contributed by atoms with Crippen molar-refractivity contribution in [2.75, 3.05) is 7.11 Å². The molecule has 0 aliphatic carbocycles. The minimum absolute atomic E-state index is 0.140. The van der Waals surface area contributed by atoms with Gasteiger partial charge in [-0.05, 0) is 18.2 Å². The fourth-order valence-corrected chi connectivity index (χ4v) is 2.77. The van der Waals surface area contributed by atoms with Crippen molar-refractivity contribution in [1.82, 2.24) is 10.1 Å². The van der Waals surface area contributed by atoms with E-state index in [0.29, 0.717) is 34.2 Å². The molecule has 0 N–H and O–H groups in total. The number of ether oxygens (including phenoxy) is 1. The number of benzene rings is 1. The second-order valence-corrected chi connectivity index (χ2v) is 6.09. The van der Waals surface area contributed by atoms with Crippen LogP contribution in [0.25, 0.3) is 11.3 Å². The SMILES string of the molecule is COc1ccccc1-c1cc(CCC(=O)c2cc(Cl)cnc2Cl)on1. The van der Waals surface area contributed by atoms with E-state index in [4.69, 9.17) is 32.5 Å². The number of ketones is 1. The molecule has 0 radical (unpaired) electrons. The quantitative estimate of drug-likeness (QED) is 0.453. The van der Waals surface area contributed by atoms with Crippen LogP contribution in [0.3, 0.4) is 0 Å². The summed E-state index contributed by atoms with van der Waals surface area (Å²) in [6.45, 7) is 0. The van der Waals surface area contributed by atoms with E-state index < -0.39 is 0 Å². The van der Waals surface area contributed by atoms with Crippen LogP contribution in [-0.2, 0) is 6.42 Å². The summed E-state index contributed by atoms with van der Waals surface area (Å²) in [5, 5.41) is 4.56. The van der Waals surface area contributed by atoms with Gasteiger partial charge in [-0.15, -0.1) is 0 Å². The lowest BCUT2D eigenvalue weighted by Gasteiger charge is -2.03. The zero-order chi connectivity index (χ0) is 17.8. The largest absolute Gasteiger partial charge is 0.496 e. The van der Waals surface area contributed by atoms with Crippen molar-refractivity contribution < 1.29 is 14.1 Å². The summed E-state index contributed by atoms with van der Waals surface area (Å²) < 4.78 is 10.6. The van der Waals surface area contributed by atoms with E-state index in [2.05, 4.69) is 10.1 Å².